The van der Waals surface area contributed by atoms with E-state index < -0.39 is 18.6 Å². The van der Waals surface area contributed by atoms with Gasteiger partial charge in [0, 0.05) is 13.6 Å². The number of ether oxygens (including phenoxy) is 1. The molecule has 0 spiro atoms. The van der Waals surface area contributed by atoms with Crippen LogP contribution in [0.1, 0.15) is 19.3 Å². The zero-order valence-corrected chi connectivity index (χ0v) is 10.3. The van der Waals surface area contributed by atoms with Crippen LogP contribution in [0, 0.1) is 0 Å². The summed E-state index contributed by atoms with van der Waals surface area (Å²) >= 11 is 0. The Kier molecular flexibility index (Phi) is 5.57. The molecule has 1 rings (SSSR count). The van der Waals surface area contributed by atoms with Gasteiger partial charge in [0.1, 0.15) is 19.3 Å². The van der Waals surface area contributed by atoms with Crippen molar-refractivity contribution in [1.29, 1.82) is 0 Å². The van der Waals surface area contributed by atoms with Crippen LogP contribution in [0.5, 0.6) is 0 Å². The summed E-state index contributed by atoms with van der Waals surface area (Å²) < 4.78 is 4.75. The maximum absolute atomic E-state index is 11.8. The number of carbonyl (C=O) groups is 3. The molecule has 2 N–H and O–H groups in total. The van der Waals surface area contributed by atoms with E-state index >= 15 is 0 Å². The van der Waals surface area contributed by atoms with Crippen molar-refractivity contribution in [2.45, 2.75) is 25.3 Å². The Bertz CT molecular complexity index is 331. The Balaban J connectivity index is 2.52. The second-order valence-corrected chi connectivity index (χ2v) is 4.10. The van der Waals surface area contributed by atoms with E-state index in [1.165, 1.54) is 11.9 Å². The number of carboxylic acids is 1. The van der Waals surface area contributed by atoms with Crippen LogP contribution in [-0.2, 0) is 19.1 Å². The number of rotatable bonds is 5. The number of amides is 2. The highest BCUT2D eigenvalue weighted by Crippen LogP contribution is 2.17. The van der Waals surface area contributed by atoms with E-state index in [1.54, 1.807) is 0 Å². The molecular weight excluding hydrogens is 240 g/mol. The topological polar surface area (TPSA) is 95.9 Å². The van der Waals surface area contributed by atoms with Crippen LogP contribution < -0.4 is 5.32 Å². The van der Waals surface area contributed by atoms with Crippen molar-refractivity contribution < 1.29 is 24.2 Å². The zero-order chi connectivity index (χ0) is 13.5. The first-order chi connectivity index (χ1) is 8.56. The van der Waals surface area contributed by atoms with Crippen LogP contribution in [0.25, 0.3) is 0 Å². The SMILES string of the molecule is CNC(=O)C1CCCCN1C(=O)COCC(=O)O. The maximum atomic E-state index is 11.8. The third-order valence-electron chi connectivity index (χ3n) is 2.82. The van der Waals surface area contributed by atoms with Gasteiger partial charge in [0.15, 0.2) is 0 Å². The molecule has 18 heavy (non-hydrogen) atoms. The molecule has 1 heterocycles. The first-order valence-corrected chi connectivity index (χ1v) is 5.87. The van der Waals surface area contributed by atoms with Gasteiger partial charge in [-0.1, -0.05) is 0 Å². The minimum Gasteiger partial charge on any atom is -0.480 e. The third kappa shape index (κ3) is 3.99. The Labute approximate surface area is 105 Å². The predicted molar refractivity (Wildman–Crippen MR) is 61.9 cm³/mol. The van der Waals surface area contributed by atoms with E-state index in [0.717, 1.165) is 12.8 Å². The number of hydrogen-bond acceptors (Lipinski definition) is 4. The van der Waals surface area contributed by atoms with Crippen LogP contribution in [0.4, 0.5) is 0 Å². The van der Waals surface area contributed by atoms with Gasteiger partial charge in [0.2, 0.25) is 11.8 Å². The van der Waals surface area contributed by atoms with Gasteiger partial charge < -0.3 is 20.1 Å². The Morgan fingerprint density at radius 1 is 1.33 bits per heavy atom. The summed E-state index contributed by atoms with van der Waals surface area (Å²) in [6, 6.07) is -0.468. The van der Waals surface area contributed by atoms with E-state index in [1.807, 2.05) is 0 Å². The first kappa shape index (κ1) is 14.4. The molecule has 0 radical (unpaired) electrons. The molecule has 1 atom stereocenters. The van der Waals surface area contributed by atoms with Crippen molar-refractivity contribution in [3.63, 3.8) is 0 Å². The maximum Gasteiger partial charge on any atom is 0.329 e. The summed E-state index contributed by atoms with van der Waals surface area (Å²) in [5.74, 6) is -1.66. The number of nitrogens with zero attached hydrogens (tertiary/aromatic N) is 1. The molecule has 102 valence electrons. The molecule has 1 aliphatic heterocycles. The van der Waals surface area contributed by atoms with Gasteiger partial charge in [0.05, 0.1) is 0 Å². The number of hydrogen-bond donors (Lipinski definition) is 2. The Morgan fingerprint density at radius 2 is 2.06 bits per heavy atom. The second kappa shape index (κ2) is 6.95. The number of carboxylic acid groups (broad SMARTS) is 1. The lowest BCUT2D eigenvalue weighted by Crippen LogP contribution is -2.52. The molecule has 0 aromatic carbocycles. The second-order valence-electron chi connectivity index (χ2n) is 4.10. The molecule has 0 aromatic rings. The summed E-state index contributed by atoms with van der Waals surface area (Å²) in [5, 5.41) is 10.9. The smallest absolute Gasteiger partial charge is 0.329 e. The van der Waals surface area contributed by atoms with Crippen LogP contribution in [0.3, 0.4) is 0 Å². The quantitative estimate of drug-likeness (QED) is 0.674. The van der Waals surface area contributed by atoms with Crippen LogP contribution in [-0.4, -0.2) is 60.6 Å². The van der Waals surface area contributed by atoms with Gasteiger partial charge in [-0.15, -0.1) is 0 Å². The van der Waals surface area contributed by atoms with E-state index in [0.29, 0.717) is 13.0 Å². The molecule has 7 nitrogen and oxygen atoms in total. The van der Waals surface area contributed by atoms with Gasteiger partial charge in [0.25, 0.3) is 0 Å². The Hall–Kier alpha value is -1.63. The number of carbonyl (C=O) groups excluding carboxylic acids is 2. The summed E-state index contributed by atoms with van der Waals surface area (Å²) in [6.45, 7) is -0.308. The van der Waals surface area contributed by atoms with E-state index in [2.05, 4.69) is 5.32 Å². The summed E-state index contributed by atoms with van der Waals surface area (Å²) in [4.78, 5) is 35.2. The predicted octanol–water partition coefficient (Wildman–Crippen LogP) is -0.785. The van der Waals surface area contributed by atoms with Gasteiger partial charge >= 0.3 is 5.97 Å². The molecule has 1 aliphatic rings. The number of aliphatic carboxylic acids is 1. The van der Waals surface area contributed by atoms with Crippen molar-refractivity contribution >= 4 is 17.8 Å². The van der Waals surface area contributed by atoms with E-state index in [-0.39, 0.29) is 18.4 Å². The first-order valence-electron chi connectivity index (χ1n) is 5.87. The van der Waals surface area contributed by atoms with Gasteiger partial charge in [-0.25, -0.2) is 4.79 Å². The number of piperidine rings is 1. The number of nitrogens with one attached hydrogen (secondary N) is 1. The molecular formula is C11H18N2O5. The van der Waals surface area contributed by atoms with Crippen molar-refractivity contribution in [3.8, 4) is 0 Å². The number of likely N-dealkylation sites (N-methyl/N-ethyl adjacent to an activating group) is 1. The van der Waals surface area contributed by atoms with Crippen molar-refractivity contribution in [1.82, 2.24) is 10.2 Å². The lowest BCUT2D eigenvalue weighted by Gasteiger charge is -2.34. The lowest BCUT2D eigenvalue weighted by molar-refractivity contribution is -0.150. The number of likely N-dealkylation sites (tertiary alicyclic amines) is 1. The molecule has 0 aromatic heterocycles. The highest BCUT2D eigenvalue weighted by Gasteiger charge is 2.31. The van der Waals surface area contributed by atoms with Crippen molar-refractivity contribution in [3.05, 3.63) is 0 Å². The summed E-state index contributed by atoms with van der Waals surface area (Å²) in [6.07, 6.45) is 2.38. The van der Waals surface area contributed by atoms with Crippen LogP contribution in [0.2, 0.25) is 0 Å². The summed E-state index contributed by atoms with van der Waals surface area (Å²) in [7, 11) is 1.53. The molecule has 2 amide bonds. The average Bonchev–Trinajstić information content (AvgIpc) is 2.37. The van der Waals surface area contributed by atoms with Gasteiger partial charge in [-0.3, -0.25) is 9.59 Å². The summed E-state index contributed by atoms with van der Waals surface area (Å²) in [5.41, 5.74) is 0. The molecule has 0 bridgehead atoms. The fourth-order valence-electron chi connectivity index (χ4n) is 1.98. The normalized spacial score (nSPS) is 19.4. The fraction of sp³-hybridized carbons (Fsp3) is 0.727. The van der Waals surface area contributed by atoms with Crippen molar-refractivity contribution in [2.24, 2.45) is 0 Å². The van der Waals surface area contributed by atoms with Gasteiger partial charge in [-0.2, -0.15) is 0 Å². The van der Waals surface area contributed by atoms with E-state index in [9.17, 15) is 14.4 Å². The van der Waals surface area contributed by atoms with Crippen molar-refractivity contribution in [2.75, 3.05) is 26.8 Å². The Morgan fingerprint density at radius 3 is 2.67 bits per heavy atom. The molecule has 7 heteroatoms. The highest BCUT2D eigenvalue weighted by atomic mass is 16.5. The van der Waals surface area contributed by atoms with E-state index in [4.69, 9.17) is 9.84 Å². The van der Waals surface area contributed by atoms with Gasteiger partial charge in [-0.05, 0) is 19.3 Å². The van der Waals surface area contributed by atoms with Crippen LogP contribution in [0.15, 0.2) is 0 Å². The molecule has 0 aliphatic carbocycles. The minimum atomic E-state index is -1.12. The molecule has 1 saturated heterocycles. The monoisotopic (exact) mass is 258 g/mol. The third-order valence-corrected chi connectivity index (χ3v) is 2.82. The molecule has 1 fully saturated rings. The molecule has 0 saturated carbocycles. The standard InChI is InChI=1S/C11H18N2O5/c1-12-11(17)8-4-2-3-5-13(8)9(14)6-18-7-10(15)16/h8H,2-7H2,1H3,(H,12,17)(H,15,16). The molecule has 1 unspecified atom stereocenters. The average molecular weight is 258 g/mol. The lowest BCUT2D eigenvalue weighted by atomic mass is 10.0. The largest absolute Gasteiger partial charge is 0.480 e. The van der Waals surface area contributed by atoms with Crippen LogP contribution >= 0.6 is 0 Å². The zero-order valence-electron chi connectivity index (χ0n) is 10.3. The fourth-order valence-corrected chi connectivity index (χ4v) is 1.98. The highest BCUT2D eigenvalue weighted by molar-refractivity contribution is 5.88. The minimum absolute atomic E-state index is 0.193.